The predicted octanol–water partition coefficient (Wildman–Crippen LogP) is 3.20. The van der Waals surface area contributed by atoms with E-state index in [-0.39, 0.29) is 24.1 Å². The molecule has 0 saturated carbocycles. The molecule has 0 atom stereocenters. The lowest BCUT2D eigenvalue weighted by atomic mass is 9.94. The van der Waals surface area contributed by atoms with Crippen molar-refractivity contribution >= 4 is 11.9 Å². The summed E-state index contributed by atoms with van der Waals surface area (Å²) in [6.07, 6.45) is 0.796. The standard InChI is InChI=1S/C18H26FNO3/c1-5-23-16(21)11-13-20(17(22)18(2,3)4)12-10-14-6-8-15(19)9-7-14/h6-9H,5,10-13H2,1-4H3. The van der Waals surface area contributed by atoms with E-state index in [1.807, 2.05) is 20.8 Å². The Morgan fingerprint density at radius 3 is 2.26 bits per heavy atom. The third-order valence-corrected chi connectivity index (χ3v) is 3.40. The molecule has 0 aliphatic rings. The van der Waals surface area contributed by atoms with Crippen molar-refractivity contribution in [2.75, 3.05) is 19.7 Å². The van der Waals surface area contributed by atoms with E-state index >= 15 is 0 Å². The Morgan fingerprint density at radius 1 is 1.13 bits per heavy atom. The molecule has 4 nitrogen and oxygen atoms in total. The first kappa shape index (κ1) is 19.1. The number of carbonyl (C=O) groups excluding carboxylic acids is 2. The van der Waals surface area contributed by atoms with Crippen molar-refractivity contribution in [1.29, 1.82) is 0 Å². The second kappa shape index (κ2) is 8.65. The lowest BCUT2D eigenvalue weighted by Gasteiger charge is -2.29. The Hall–Kier alpha value is -1.91. The maximum atomic E-state index is 12.9. The van der Waals surface area contributed by atoms with E-state index in [4.69, 9.17) is 4.74 Å². The monoisotopic (exact) mass is 323 g/mol. The number of ether oxygens (including phenoxy) is 1. The van der Waals surface area contributed by atoms with Crippen molar-refractivity contribution in [2.24, 2.45) is 5.41 Å². The van der Waals surface area contributed by atoms with E-state index in [0.717, 1.165) is 5.56 Å². The van der Waals surface area contributed by atoms with Gasteiger partial charge in [-0.05, 0) is 31.0 Å². The van der Waals surface area contributed by atoms with E-state index in [1.54, 1.807) is 24.0 Å². The number of rotatable bonds is 7. The molecule has 23 heavy (non-hydrogen) atoms. The Morgan fingerprint density at radius 2 is 1.74 bits per heavy atom. The number of esters is 1. The Balaban J connectivity index is 2.68. The van der Waals surface area contributed by atoms with Crippen molar-refractivity contribution in [3.63, 3.8) is 0 Å². The van der Waals surface area contributed by atoms with Crippen LogP contribution in [0.15, 0.2) is 24.3 Å². The Kier molecular flexibility index (Phi) is 7.20. The van der Waals surface area contributed by atoms with E-state index < -0.39 is 5.41 Å². The van der Waals surface area contributed by atoms with Crippen LogP contribution in [0.25, 0.3) is 0 Å². The fraction of sp³-hybridized carbons (Fsp3) is 0.556. The number of hydrogen-bond donors (Lipinski definition) is 0. The number of hydrogen-bond acceptors (Lipinski definition) is 3. The predicted molar refractivity (Wildman–Crippen MR) is 87.4 cm³/mol. The van der Waals surface area contributed by atoms with E-state index in [1.165, 1.54) is 12.1 Å². The summed E-state index contributed by atoms with van der Waals surface area (Å²) in [5, 5.41) is 0. The minimum Gasteiger partial charge on any atom is -0.466 e. The van der Waals surface area contributed by atoms with Gasteiger partial charge in [-0.1, -0.05) is 32.9 Å². The zero-order valence-electron chi connectivity index (χ0n) is 14.4. The van der Waals surface area contributed by atoms with Crippen molar-refractivity contribution in [1.82, 2.24) is 4.90 Å². The van der Waals surface area contributed by atoms with Gasteiger partial charge < -0.3 is 9.64 Å². The second-order valence-corrected chi connectivity index (χ2v) is 6.47. The van der Waals surface area contributed by atoms with Crippen molar-refractivity contribution in [3.05, 3.63) is 35.6 Å². The highest BCUT2D eigenvalue weighted by Gasteiger charge is 2.27. The fourth-order valence-corrected chi connectivity index (χ4v) is 2.16. The van der Waals surface area contributed by atoms with Gasteiger partial charge in [0.2, 0.25) is 5.91 Å². The molecule has 1 aromatic carbocycles. The minimum absolute atomic E-state index is 0.0103. The molecule has 0 aliphatic carbocycles. The summed E-state index contributed by atoms with van der Waals surface area (Å²) in [5.74, 6) is -0.594. The SMILES string of the molecule is CCOC(=O)CCN(CCc1ccc(F)cc1)C(=O)C(C)(C)C. The molecule has 0 bridgehead atoms. The third-order valence-electron chi connectivity index (χ3n) is 3.40. The molecular formula is C18H26FNO3. The molecule has 0 aliphatic heterocycles. The van der Waals surface area contributed by atoms with Gasteiger partial charge in [-0.2, -0.15) is 0 Å². The van der Waals surface area contributed by atoms with Crippen molar-refractivity contribution in [3.8, 4) is 0 Å². The van der Waals surface area contributed by atoms with Crippen LogP contribution in [0.3, 0.4) is 0 Å². The zero-order chi connectivity index (χ0) is 17.5. The van der Waals surface area contributed by atoms with Crippen LogP contribution >= 0.6 is 0 Å². The third kappa shape index (κ3) is 6.80. The van der Waals surface area contributed by atoms with Gasteiger partial charge in [-0.25, -0.2) is 4.39 Å². The summed E-state index contributed by atoms with van der Waals surface area (Å²) in [6, 6.07) is 6.23. The highest BCUT2D eigenvalue weighted by molar-refractivity contribution is 5.82. The topological polar surface area (TPSA) is 46.6 Å². The smallest absolute Gasteiger partial charge is 0.307 e. The van der Waals surface area contributed by atoms with Gasteiger partial charge in [-0.15, -0.1) is 0 Å². The van der Waals surface area contributed by atoms with E-state index in [2.05, 4.69) is 0 Å². The number of amides is 1. The molecule has 5 heteroatoms. The molecule has 0 unspecified atom stereocenters. The highest BCUT2D eigenvalue weighted by Crippen LogP contribution is 2.18. The second-order valence-electron chi connectivity index (χ2n) is 6.47. The Bertz CT molecular complexity index is 520. The van der Waals surface area contributed by atoms with Gasteiger partial charge in [0.15, 0.2) is 0 Å². The zero-order valence-corrected chi connectivity index (χ0v) is 14.4. The molecule has 0 saturated heterocycles. The largest absolute Gasteiger partial charge is 0.466 e. The number of nitrogens with zero attached hydrogens (tertiary/aromatic N) is 1. The number of halogens is 1. The molecule has 0 spiro atoms. The van der Waals surface area contributed by atoms with Crippen molar-refractivity contribution in [2.45, 2.75) is 40.5 Å². The van der Waals surface area contributed by atoms with Crippen LogP contribution in [-0.4, -0.2) is 36.5 Å². The molecule has 128 valence electrons. The van der Waals surface area contributed by atoms with Gasteiger partial charge in [-0.3, -0.25) is 9.59 Å². The van der Waals surface area contributed by atoms with Gasteiger partial charge in [0.25, 0.3) is 0 Å². The average molecular weight is 323 g/mol. The van der Waals surface area contributed by atoms with E-state index in [0.29, 0.717) is 26.1 Å². The summed E-state index contributed by atoms with van der Waals surface area (Å²) >= 11 is 0. The lowest BCUT2D eigenvalue weighted by Crippen LogP contribution is -2.41. The quantitative estimate of drug-likeness (QED) is 0.724. The number of benzene rings is 1. The minimum atomic E-state index is -0.516. The van der Waals surface area contributed by atoms with Crippen LogP contribution in [0.5, 0.6) is 0 Å². The molecule has 1 rings (SSSR count). The van der Waals surface area contributed by atoms with Crippen LogP contribution in [0.4, 0.5) is 4.39 Å². The lowest BCUT2D eigenvalue weighted by molar-refractivity contribution is -0.145. The van der Waals surface area contributed by atoms with Crippen LogP contribution in [-0.2, 0) is 20.7 Å². The summed E-state index contributed by atoms with van der Waals surface area (Å²) < 4.78 is 17.9. The maximum absolute atomic E-state index is 12.9. The van der Waals surface area contributed by atoms with Gasteiger partial charge in [0.05, 0.1) is 13.0 Å². The van der Waals surface area contributed by atoms with Gasteiger partial charge >= 0.3 is 5.97 Å². The molecule has 0 aromatic heterocycles. The van der Waals surface area contributed by atoms with Gasteiger partial charge in [0.1, 0.15) is 5.82 Å². The molecular weight excluding hydrogens is 297 g/mol. The molecule has 0 fully saturated rings. The van der Waals surface area contributed by atoms with Crippen LogP contribution < -0.4 is 0 Å². The maximum Gasteiger partial charge on any atom is 0.307 e. The summed E-state index contributed by atoms with van der Waals surface area (Å²) in [4.78, 5) is 25.7. The Labute approximate surface area is 137 Å². The van der Waals surface area contributed by atoms with Crippen LogP contribution in [0, 0.1) is 11.2 Å². The molecule has 0 radical (unpaired) electrons. The van der Waals surface area contributed by atoms with Crippen LogP contribution in [0.2, 0.25) is 0 Å². The average Bonchev–Trinajstić information content (AvgIpc) is 2.48. The first-order valence-electron chi connectivity index (χ1n) is 7.93. The summed E-state index contributed by atoms with van der Waals surface area (Å²) in [5.41, 5.74) is 0.437. The first-order valence-corrected chi connectivity index (χ1v) is 7.93. The van der Waals surface area contributed by atoms with Gasteiger partial charge in [0, 0.05) is 18.5 Å². The number of carbonyl (C=O) groups is 2. The highest BCUT2D eigenvalue weighted by atomic mass is 19.1. The summed E-state index contributed by atoms with van der Waals surface area (Å²) in [7, 11) is 0. The molecule has 0 heterocycles. The van der Waals surface area contributed by atoms with Crippen LogP contribution in [0.1, 0.15) is 39.7 Å². The normalized spacial score (nSPS) is 11.2. The van der Waals surface area contributed by atoms with E-state index in [9.17, 15) is 14.0 Å². The van der Waals surface area contributed by atoms with Crippen molar-refractivity contribution < 1.29 is 18.7 Å². The fourth-order valence-electron chi connectivity index (χ4n) is 2.16. The summed E-state index contributed by atoms with van der Waals surface area (Å²) in [6.45, 7) is 8.46. The first-order chi connectivity index (χ1) is 10.7. The molecule has 1 aromatic rings. The molecule has 1 amide bonds. The molecule has 0 N–H and O–H groups in total.